The number of hydrogen-bond acceptors (Lipinski definition) is 5. The normalized spacial score (nSPS) is 17.3. The molecule has 1 aromatic rings. The van der Waals surface area contributed by atoms with E-state index in [1.165, 1.54) is 12.1 Å². The molecular weight excluding hydrogens is 316 g/mol. The molecule has 6 heteroatoms. The van der Waals surface area contributed by atoms with Gasteiger partial charge in [-0.05, 0) is 26.0 Å². The maximum atomic E-state index is 12.1. The molecule has 0 radical (unpaired) electrons. The van der Waals surface area contributed by atoms with E-state index in [1.54, 1.807) is 32.9 Å². The topological polar surface area (TPSA) is 83.8 Å². The Morgan fingerprint density at radius 1 is 1.22 bits per heavy atom. The second-order valence-corrected chi connectivity index (χ2v) is 7.79. The van der Waals surface area contributed by atoms with Crippen LogP contribution in [-0.2, 0) is 14.3 Å². The van der Waals surface area contributed by atoms with E-state index in [2.05, 4.69) is 6.58 Å². The highest BCUT2D eigenvalue weighted by molar-refractivity contribution is 7.86. The Balaban J connectivity index is 2.69. The third-order valence-corrected chi connectivity index (χ3v) is 5.22. The van der Waals surface area contributed by atoms with Crippen LogP contribution in [0.3, 0.4) is 0 Å². The predicted octanol–water partition coefficient (Wildman–Crippen LogP) is 2.27. The third kappa shape index (κ3) is 5.42. The van der Waals surface area contributed by atoms with Gasteiger partial charge in [-0.3, -0.25) is 4.18 Å². The van der Waals surface area contributed by atoms with Crippen molar-refractivity contribution in [2.45, 2.75) is 44.8 Å². The van der Waals surface area contributed by atoms with Crippen molar-refractivity contribution in [1.29, 1.82) is 0 Å². The van der Waals surface area contributed by atoms with Crippen molar-refractivity contribution in [2.24, 2.45) is 11.8 Å². The fraction of sp³-hybridized carbons (Fsp3) is 0.529. The summed E-state index contributed by atoms with van der Waals surface area (Å²) in [4.78, 5) is 0.0832. The van der Waals surface area contributed by atoms with Gasteiger partial charge in [0.15, 0.2) is 0 Å². The largest absolute Gasteiger partial charge is 0.392 e. The van der Waals surface area contributed by atoms with E-state index in [0.29, 0.717) is 5.57 Å². The summed E-state index contributed by atoms with van der Waals surface area (Å²) in [6.07, 6.45) is -1.75. The molecule has 0 saturated heterocycles. The molecule has 0 bridgehead atoms. The van der Waals surface area contributed by atoms with Gasteiger partial charge in [-0.1, -0.05) is 43.7 Å². The molecule has 0 aliphatic rings. The van der Waals surface area contributed by atoms with Gasteiger partial charge in [0.1, 0.15) is 0 Å². The van der Waals surface area contributed by atoms with Gasteiger partial charge in [0.05, 0.1) is 23.7 Å². The van der Waals surface area contributed by atoms with Crippen molar-refractivity contribution in [3.05, 3.63) is 42.0 Å². The highest BCUT2D eigenvalue weighted by Crippen LogP contribution is 2.22. The molecule has 0 aliphatic carbocycles. The number of aryl methyl sites for hydroxylation is 1. The van der Waals surface area contributed by atoms with Gasteiger partial charge in [0.2, 0.25) is 0 Å². The molecular formula is C17H26O5S. The molecule has 1 aromatic carbocycles. The molecule has 0 amide bonds. The minimum atomic E-state index is -3.86. The monoisotopic (exact) mass is 342 g/mol. The fourth-order valence-corrected chi connectivity index (χ4v) is 3.22. The van der Waals surface area contributed by atoms with Crippen molar-refractivity contribution >= 4 is 10.1 Å². The first-order valence-corrected chi connectivity index (χ1v) is 8.94. The average molecular weight is 342 g/mol. The highest BCUT2D eigenvalue weighted by Gasteiger charge is 2.29. The van der Waals surface area contributed by atoms with E-state index in [9.17, 15) is 18.6 Å². The van der Waals surface area contributed by atoms with E-state index < -0.39 is 34.2 Å². The minimum Gasteiger partial charge on any atom is -0.392 e. The summed E-state index contributed by atoms with van der Waals surface area (Å²) in [6.45, 7) is 10.4. The SMILES string of the molecule is C=C(C)C(O)[C@@H](C)[C@H](O)[C@H](C)COS(=O)(=O)c1ccc(C)cc1. The van der Waals surface area contributed by atoms with E-state index in [0.717, 1.165) is 5.56 Å². The molecule has 1 rings (SSSR count). The Hall–Kier alpha value is -1.21. The van der Waals surface area contributed by atoms with Crippen LogP contribution in [-0.4, -0.2) is 37.4 Å². The van der Waals surface area contributed by atoms with Crippen LogP contribution in [0.4, 0.5) is 0 Å². The van der Waals surface area contributed by atoms with Gasteiger partial charge in [-0.25, -0.2) is 0 Å². The predicted molar refractivity (Wildman–Crippen MR) is 89.5 cm³/mol. The molecule has 0 aromatic heterocycles. The van der Waals surface area contributed by atoms with Crippen LogP contribution >= 0.6 is 0 Å². The van der Waals surface area contributed by atoms with Gasteiger partial charge >= 0.3 is 0 Å². The number of aliphatic hydroxyl groups is 2. The first-order valence-electron chi connectivity index (χ1n) is 7.54. The van der Waals surface area contributed by atoms with Gasteiger partial charge < -0.3 is 10.2 Å². The van der Waals surface area contributed by atoms with Crippen LogP contribution in [0.1, 0.15) is 26.3 Å². The van der Waals surface area contributed by atoms with E-state index in [4.69, 9.17) is 4.18 Å². The van der Waals surface area contributed by atoms with Crippen molar-refractivity contribution in [3.63, 3.8) is 0 Å². The lowest BCUT2D eigenvalue weighted by Crippen LogP contribution is -2.36. The lowest BCUT2D eigenvalue weighted by atomic mass is 9.87. The Morgan fingerprint density at radius 2 is 1.74 bits per heavy atom. The van der Waals surface area contributed by atoms with E-state index in [-0.39, 0.29) is 11.5 Å². The van der Waals surface area contributed by atoms with Crippen molar-refractivity contribution < 1.29 is 22.8 Å². The molecule has 2 N–H and O–H groups in total. The molecule has 0 spiro atoms. The smallest absolute Gasteiger partial charge is 0.296 e. The van der Waals surface area contributed by atoms with Crippen LogP contribution in [0.15, 0.2) is 41.3 Å². The van der Waals surface area contributed by atoms with Gasteiger partial charge in [0, 0.05) is 11.8 Å². The minimum absolute atomic E-state index is 0.0832. The maximum absolute atomic E-state index is 12.1. The Morgan fingerprint density at radius 3 is 2.22 bits per heavy atom. The molecule has 0 aliphatic heterocycles. The molecule has 0 heterocycles. The van der Waals surface area contributed by atoms with E-state index >= 15 is 0 Å². The average Bonchev–Trinajstić information content (AvgIpc) is 2.50. The van der Waals surface area contributed by atoms with Crippen LogP contribution in [0.2, 0.25) is 0 Å². The molecule has 0 saturated carbocycles. The standard InChI is InChI=1S/C17H26O5S/c1-11(2)16(18)14(5)17(19)13(4)10-22-23(20,21)15-8-6-12(3)7-9-15/h6-9,13-14,16-19H,1,10H2,2-5H3/t13-,14-,16?,17-/m1/s1. The number of hydrogen-bond donors (Lipinski definition) is 2. The van der Waals surface area contributed by atoms with Crippen molar-refractivity contribution in [2.75, 3.05) is 6.61 Å². The molecule has 23 heavy (non-hydrogen) atoms. The summed E-state index contributed by atoms with van der Waals surface area (Å²) in [7, 11) is -3.86. The number of aliphatic hydroxyl groups excluding tert-OH is 2. The number of benzene rings is 1. The van der Waals surface area contributed by atoms with Gasteiger partial charge in [0.25, 0.3) is 10.1 Å². The van der Waals surface area contributed by atoms with Crippen LogP contribution in [0, 0.1) is 18.8 Å². The summed E-state index contributed by atoms with van der Waals surface area (Å²) in [5.74, 6) is -0.924. The van der Waals surface area contributed by atoms with Crippen LogP contribution in [0.5, 0.6) is 0 Å². The zero-order valence-electron chi connectivity index (χ0n) is 14.1. The number of rotatable bonds is 8. The third-order valence-electron chi connectivity index (χ3n) is 3.92. The summed E-state index contributed by atoms with van der Waals surface area (Å²) < 4.78 is 29.3. The van der Waals surface area contributed by atoms with Gasteiger partial charge in [-0.15, -0.1) is 0 Å². The molecule has 4 atom stereocenters. The highest BCUT2D eigenvalue weighted by atomic mass is 32.2. The zero-order chi connectivity index (χ0) is 17.8. The lowest BCUT2D eigenvalue weighted by Gasteiger charge is -2.28. The molecule has 1 unspecified atom stereocenters. The summed E-state index contributed by atoms with van der Waals surface area (Å²) in [5.41, 5.74) is 1.51. The summed E-state index contributed by atoms with van der Waals surface area (Å²) in [5, 5.41) is 20.2. The second kappa shape index (κ2) is 8.06. The van der Waals surface area contributed by atoms with Crippen molar-refractivity contribution in [1.82, 2.24) is 0 Å². The Kier molecular flexibility index (Phi) is 6.95. The molecule has 5 nitrogen and oxygen atoms in total. The first kappa shape index (κ1) is 19.8. The Bertz CT molecular complexity index is 621. The Labute approximate surface area is 138 Å². The van der Waals surface area contributed by atoms with Crippen LogP contribution < -0.4 is 0 Å². The molecule has 0 fully saturated rings. The lowest BCUT2D eigenvalue weighted by molar-refractivity contribution is -0.00344. The van der Waals surface area contributed by atoms with Gasteiger partial charge in [-0.2, -0.15) is 8.42 Å². The second-order valence-electron chi connectivity index (χ2n) is 6.17. The quantitative estimate of drug-likeness (QED) is 0.559. The summed E-state index contributed by atoms with van der Waals surface area (Å²) >= 11 is 0. The zero-order valence-corrected chi connectivity index (χ0v) is 14.9. The first-order chi connectivity index (χ1) is 10.6. The maximum Gasteiger partial charge on any atom is 0.296 e. The molecule has 130 valence electrons. The van der Waals surface area contributed by atoms with Crippen molar-refractivity contribution in [3.8, 4) is 0 Å². The van der Waals surface area contributed by atoms with E-state index in [1.807, 2.05) is 6.92 Å². The fourth-order valence-electron chi connectivity index (χ4n) is 2.22. The van der Waals surface area contributed by atoms with Crippen LogP contribution in [0.25, 0.3) is 0 Å². The summed E-state index contributed by atoms with van der Waals surface area (Å²) in [6, 6.07) is 6.36.